The summed E-state index contributed by atoms with van der Waals surface area (Å²) in [6.45, 7) is -0.460. The molecule has 6 nitrogen and oxygen atoms in total. The van der Waals surface area contributed by atoms with Crippen LogP contribution in [-0.2, 0) is 4.79 Å². The standard InChI is InChI=1S/C22H13Cl3F2N4O2/c23-10-2-4-18-14(5-10)21(12-3-1-11(24)6-16(12)26)30-31(18)19-8-17(27)13(7-15(19)25)22(33)29-9-20(28)32/h1-8H,9H2,(H2,28,32)(H,29,33). The van der Waals surface area contributed by atoms with E-state index in [-0.39, 0.29) is 32.6 Å². The number of benzene rings is 3. The smallest absolute Gasteiger partial charge is 0.254 e. The zero-order chi connectivity index (χ0) is 23.9. The number of hydrogen-bond acceptors (Lipinski definition) is 3. The summed E-state index contributed by atoms with van der Waals surface area (Å²) in [5.74, 6) is -3.16. The predicted octanol–water partition coefficient (Wildman–Crippen LogP) is 5.15. The Hall–Kier alpha value is -3.20. The molecule has 4 aromatic rings. The van der Waals surface area contributed by atoms with Crippen LogP contribution in [0.25, 0.3) is 27.8 Å². The van der Waals surface area contributed by atoms with Gasteiger partial charge in [0.05, 0.1) is 28.3 Å². The Bertz CT molecular complexity index is 1440. The topological polar surface area (TPSA) is 90.0 Å². The molecule has 0 aliphatic rings. The van der Waals surface area contributed by atoms with Gasteiger partial charge in [-0.25, -0.2) is 13.5 Å². The molecule has 0 spiro atoms. The average Bonchev–Trinajstić information content (AvgIpc) is 3.11. The second kappa shape index (κ2) is 8.97. The van der Waals surface area contributed by atoms with Crippen LogP contribution in [0.15, 0.2) is 48.5 Å². The second-order valence-electron chi connectivity index (χ2n) is 6.98. The molecule has 0 bridgehead atoms. The van der Waals surface area contributed by atoms with E-state index in [2.05, 4.69) is 10.4 Å². The molecular weight excluding hydrogens is 497 g/mol. The van der Waals surface area contributed by atoms with E-state index in [0.717, 1.165) is 18.2 Å². The SMILES string of the molecule is NC(=O)CNC(=O)c1cc(Cl)c(-n2nc(-c3ccc(Cl)cc3F)c3cc(Cl)ccc32)cc1F. The Morgan fingerprint density at radius 2 is 1.67 bits per heavy atom. The Morgan fingerprint density at radius 3 is 2.36 bits per heavy atom. The van der Waals surface area contributed by atoms with Gasteiger partial charge in [-0.2, -0.15) is 5.10 Å². The predicted molar refractivity (Wildman–Crippen MR) is 123 cm³/mol. The summed E-state index contributed by atoms with van der Waals surface area (Å²) < 4.78 is 30.8. The molecule has 0 aliphatic carbocycles. The van der Waals surface area contributed by atoms with Gasteiger partial charge in [0.25, 0.3) is 5.91 Å². The minimum atomic E-state index is -0.909. The largest absolute Gasteiger partial charge is 0.368 e. The van der Waals surface area contributed by atoms with Gasteiger partial charge in [0.2, 0.25) is 5.91 Å². The monoisotopic (exact) mass is 508 g/mol. The first-order chi connectivity index (χ1) is 15.7. The highest BCUT2D eigenvalue weighted by molar-refractivity contribution is 6.33. The Labute approximate surface area is 200 Å². The fraction of sp³-hybridized carbons (Fsp3) is 0.0455. The maximum atomic E-state index is 14.8. The summed E-state index contributed by atoms with van der Waals surface area (Å²) in [4.78, 5) is 23.0. The number of nitrogens with zero attached hydrogens (tertiary/aromatic N) is 2. The van der Waals surface area contributed by atoms with Crippen molar-refractivity contribution in [3.05, 3.63) is 80.8 Å². The Balaban J connectivity index is 1.88. The van der Waals surface area contributed by atoms with Crippen LogP contribution < -0.4 is 11.1 Å². The third-order valence-electron chi connectivity index (χ3n) is 4.76. The summed E-state index contributed by atoms with van der Waals surface area (Å²) in [7, 11) is 0. The van der Waals surface area contributed by atoms with Crippen LogP contribution in [0.5, 0.6) is 0 Å². The van der Waals surface area contributed by atoms with Crippen LogP contribution in [0.1, 0.15) is 10.4 Å². The van der Waals surface area contributed by atoms with Gasteiger partial charge in [-0.05, 0) is 42.5 Å². The van der Waals surface area contributed by atoms with Crippen molar-refractivity contribution in [3.8, 4) is 16.9 Å². The van der Waals surface area contributed by atoms with Gasteiger partial charge < -0.3 is 11.1 Å². The first-order valence-electron chi connectivity index (χ1n) is 9.35. The maximum absolute atomic E-state index is 14.8. The number of aromatic nitrogens is 2. The summed E-state index contributed by atoms with van der Waals surface area (Å²) in [6.07, 6.45) is 0. The lowest BCUT2D eigenvalue weighted by atomic mass is 10.1. The van der Waals surface area contributed by atoms with Crippen molar-refractivity contribution in [1.29, 1.82) is 0 Å². The number of nitrogens with one attached hydrogen (secondary N) is 1. The molecule has 0 saturated carbocycles. The van der Waals surface area contributed by atoms with Gasteiger partial charge in [0.15, 0.2) is 0 Å². The van der Waals surface area contributed by atoms with Gasteiger partial charge in [-0.15, -0.1) is 0 Å². The molecule has 0 aliphatic heterocycles. The van der Waals surface area contributed by atoms with E-state index in [4.69, 9.17) is 40.5 Å². The number of amides is 2. The van der Waals surface area contributed by atoms with Gasteiger partial charge >= 0.3 is 0 Å². The molecule has 168 valence electrons. The highest BCUT2D eigenvalue weighted by atomic mass is 35.5. The van der Waals surface area contributed by atoms with Gasteiger partial charge in [0.1, 0.15) is 17.3 Å². The van der Waals surface area contributed by atoms with E-state index in [0.29, 0.717) is 15.9 Å². The number of halogens is 5. The van der Waals surface area contributed by atoms with Crippen LogP contribution in [-0.4, -0.2) is 28.1 Å². The quantitative estimate of drug-likeness (QED) is 0.390. The zero-order valence-corrected chi connectivity index (χ0v) is 18.8. The lowest BCUT2D eigenvalue weighted by Crippen LogP contribution is -2.33. The Morgan fingerprint density at radius 1 is 0.970 bits per heavy atom. The van der Waals surface area contributed by atoms with Gasteiger partial charge in [-0.1, -0.05) is 34.8 Å². The molecule has 11 heteroatoms. The molecule has 0 radical (unpaired) electrons. The van der Waals surface area contributed by atoms with E-state index in [1.807, 2.05) is 0 Å². The highest BCUT2D eigenvalue weighted by Gasteiger charge is 2.21. The van der Waals surface area contributed by atoms with Crippen molar-refractivity contribution < 1.29 is 18.4 Å². The van der Waals surface area contributed by atoms with Crippen molar-refractivity contribution in [1.82, 2.24) is 15.1 Å². The van der Waals surface area contributed by atoms with Crippen LogP contribution in [0.3, 0.4) is 0 Å². The van der Waals surface area contributed by atoms with E-state index in [1.54, 1.807) is 18.2 Å². The van der Waals surface area contributed by atoms with Gasteiger partial charge in [0, 0.05) is 27.1 Å². The van der Waals surface area contributed by atoms with Crippen molar-refractivity contribution in [2.45, 2.75) is 0 Å². The summed E-state index contributed by atoms with van der Waals surface area (Å²) in [5.41, 5.74) is 5.58. The lowest BCUT2D eigenvalue weighted by molar-refractivity contribution is -0.117. The van der Waals surface area contributed by atoms with Crippen molar-refractivity contribution in [2.24, 2.45) is 5.73 Å². The van der Waals surface area contributed by atoms with Crippen LogP contribution >= 0.6 is 34.8 Å². The molecule has 4 rings (SSSR count). The van der Waals surface area contributed by atoms with Gasteiger partial charge in [-0.3, -0.25) is 9.59 Å². The fourth-order valence-electron chi connectivity index (χ4n) is 3.29. The number of primary amides is 1. The number of hydrogen-bond donors (Lipinski definition) is 2. The first kappa shape index (κ1) is 23.0. The number of carbonyl (C=O) groups excluding carboxylic acids is 2. The van der Waals surface area contributed by atoms with Crippen molar-refractivity contribution >= 4 is 57.5 Å². The minimum absolute atomic E-state index is 0.0110. The third-order valence-corrected chi connectivity index (χ3v) is 5.53. The maximum Gasteiger partial charge on any atom is 0.254 e. The number of carbonyl (C=O) groups is 2. The van der Waals surface area contributed by atoms with E-state index in [9.17, 15) is 18.4 Å². The summed E-state index contributed by atoms with van der Waals surface area (Å²) in [5, 5.41) is 7.74. The second-order valence-corrected chi connectivity index (χ2v) is 8.26. The number of rotatable bonds is 5. The van der Waals surface area contributed by atoms with Crippen molar-refractivity contribution in [3.63, 3.8) is 0 Å². The Kier molecular flexibility index (Phi) is 6.25. The molecule has 1 aromatic heterocycles. The van der Waals surface area contributed by atoms with Crippen LogP contribution in [0.2, 0.25) is 15.1 Å². The summed E-state index contributed by atoms with van der Waals surface area (Å²) in [6, 6.07) is 11.1. The number of nitrogens with two attached hydrogens (primary N) is 1. The van der Waals surface area contributed by atoms with E-state index >= 15 is 0 Å². The average molecular weight is 510 g/mol. The number of fused-ring (bicyclic) bond motifs is 1. The molecule has 0 saturated heterocycles. The normalized spacial score (nSPS) is 11.1. The van der Waals surface area contributed by atoms with Crippen LogP contribution in [0, 0.1) is 11.6 Å². The van der Waals surface area contributed by atoms with E-state index in [1.165, 1.54) is 16.8 Å². The van der Waals surface area contributed by atoms with Crippen LogP contribution in [0.4, 0.5) is 8.78 Å². The molecule has 3 N–H and O–H groups in total. The molecular formula is C22H13Cl3F2N4O2. The molecule has 33 heavy (non-hydrogen) atoms. The molecule has 0 atom stereocenters. The first-order valence-corrected chi connectivity index (χ1v) is 10.5. The lowest BCUT2D eigenvalue weighted by Gasteiger charge is -2.10. The van der Waals surface area contributed by atoms with Crippen molar-refractivity contribution in [2.75, 3.05) is 6.54 Å². The zero-order valence-electron chi connectivity index (χ0n) is 16.5. The molecule has 0 unspecified atom stereocenters. The summed E-state index contributed by atoms with van der Waals surface area (Å²) >= 11 is 18.4. The highest BCUT2D eigenvalue weighted by Crippen LogP contribution is 2.35. The molecule has 0 fully saturated rings. The molecule has 3 aromatic carbocycles. The fourth-order valence-corrected chi connectivity index (χ4v) is 3.86. The third kappa shape index (κ3) is 4.50. The molecule has 1 heterocycles. The minimum Gasteiger partial charge on any atom is -0.368 e. The van der Waals surface area contributed by atoms with E-state index < -0.39 is 30.0 Å². The molecule has 2 amide bonds.